The normalized spacial score (nSPS) is 11.8. The van der Waals surface area contributed by atoms with Crippen LogP contribution in [0.15, 0.2) is 54.6 Å². The number of ether oxygens (including phenoxy) is 1. The molecule has 0 heterocycles. The third-order valence-corrected chi connectivity index (χ3v) is 4.61. The monoisotopic (exact) mass is 343 g/mol. The smallest absolute Gasteiger partial charge is 0.221 e. The van der Waals surface area contributed by atoms with Crippen molar-refractivity contribution in [1.29, 1.82) is 0 Å². The fourth-order valence-corrected chi connectivity index (χ4v) is 3.15. The van der Waals surface area contributed by atoms with Gasteiger partial charge in [0, 0.05) is 17.9 Å². The summed E-state index contributed by atoms with van der Waals surface area (Å²) in [4.78, 5) is 12.0. The summed E-state index contributed by atoms with van der Waals surface area (Å²) in [6, 6.07) is 18.2. The van der Waals surface area contributed by atoms with Crippen molar-refractivity contribution in [3.8, 4) is 5.75 Å². The van der Waals surface area contributed by atoms with E-state index in [4.69, 9.17) is 4.74 Å². The van der Waals surface area contributed by atoms with Crippen LogP contribution in [0.1, 0.15) is 24.5 Å². The van der Waals surface area contributed by atoms with E-state index in [2.05, 4.69) is 17.4 Å². The highest BCUT2D eigenvalue weighted by Crippen LogP contribution is 2.16. The molecule has 128 valence electrons. The molecule has 0 bridgehead atoms. The summed E-state index contributed by atoms with van der Waals surface area (Å²) in [5, 5.41) is 2.99. The van der Waals surface area contributed by atoms with Crippen LogP contribution in [-0.4, -0.2) is 24.3 Å². The van der Waals surface area contributed by atoms with Gasteiger partial charge in [0.1, 0.15) is 12.4 Å². The fraction of sp³-hybridized carbons (Fsp3) is 0.350. The standard InChI is InChI=1S/C20H25NO2S/c1-16-8-6-7-11-19(16)23-14-17(2)21-20(22)12-13-24-15-18-9-4-3-5-10-18/h3-11,17H,12-15H2,1-2H3,(H,21,22)/t17-/m1/s1. The number of carbonyl (C=O) groups excluding carboxylic acids is 1. The molecule has 1 atom stereocenters. The maximum absolute atomic E-state index is 12.0. The number of amides is 1. The minimum atomic E-state index is -0.00349. The van der Waals surface area contributed by atoms with E-state index in [1.54, 1.807) is 11.8 Å². The highest BCUT2D eigenvalue weighted by atomic mass is 32.2. The third kappa shape index (κ3) is 6.67. The summed E-state index contributed by atoms with van der Waals surface area (Å²) in [5.74, 6) is 2.72. The van der Waals surface area contributed by atoms with Gasteiger partial charge in [-0.05, 0) is 31.0 Å². The molecule has 0 saturated carbocycles. The van der Waals surface area contributed by atoms with Crippen LogP contribution in [0.2, 0.25) is 0 Å². The molecule has 0 saturated heterocycles. The van der Waals surface area contributed by atoms with E-state index in [-0.39, 0.29) is 11.9 Å². The van der Waals surface area contributed by atoms with Gasteiger partial charge in [-0.1, -0.05) is 48.5 Å². The molecule has 2 rings (SSSR count). The lowest BCUT2D eigenvalue weighted by molar-refractivity contribution is -0.121. The van der Waals surface area contributed by atoms with Crippen molar-refractivity contribution in [2.75, 3.05) is 12.4 Å². The molecule has 2 aromatic rings. The molecule has 2 aromatic carbocycles. The Morgan fingerprint density at radius 3 is 2.58 bits per heavy atom. The largest absolute Gasteiger partial charge is 0.491 e. The van der Waals surface area contributed by atoms with Gasteiger partial charge in [-0.2, -0.15) is 11.8 Å². The van der Waals surface area contributed by atoms with Gasteiger partial charge in [0.2, 0.25) is 5.91 Å². The second-order valence-corrected chi connectivity index (χ2v) is 6.94. The molecule has 0 aliphatic rings. The number of carbonyl (C=O) groups is 1. The number of nitrogens with one attached hydrogen (secondary N) is 1. The zero-order valence-electron chi connectivity index (χ0n) is 14.3. The molecule has 0 aromatic heterocycles. The van der Waals surface area contributed by atoms with Gasteiger partial charge >= 0.3 is 0 Å². The zero-order valence-corrected chi connectivity index (χ0v) is 15.1. The van der Waals surface area contributed by atoms with E-state index in [0.717, 1.165) is 22.8 Å². The molecule has 0 radical (unpaired) electrons. The van der Waals surface area contributed by atoms with E-state index in [0.29, 0.717) is 13.0 Å². The lowest BCUT2D eigenvalue weighted by Crippen LogP contribution is -2.37. The molecule has 0 fully saturated rings. The summed E-state index contributed by atoms with van der Waals surface area (Å²) < 4.78 is 5.76. The van der Waals surface area contributed by atoms with Crippen molar-refractivity contribution in [1.82, 2.24) is 5.32 Å². The Morgan fingerprint density at radius 2 is 1.83 bits per heavy atom. The number of rotatable bonds is 9. The summed E-state index contributed by atoms with van der Waals surface area (Å²) in [6.07, 6.45) is 0.534. The molecule has 1 amide bonds. The van der Waals surface area contributed by atoms with Gasteiger partial charge < -0.3 is 10.1 Å². The first-order chi connectivity index (χ1) is 11.6. The van der Waals surface area contributed by atoms with E-state index in [1.807, 2.05) is 56.3 Å². The summed E-state index contributed by atoms with van der Waals surface area (Å²) in [7, 11) is 0. The molecule has 3 nitrogen and oxygen atoms in total. The van der Waals surface area contributed by atoms with Crippen LogP contribution in [0.5, 0.6) is 5.75 Å². The van der Waals surface area contributed by atoms with Crippen molar-refractivity contribution < 1.29 is 9.53 Å². The molecule has 1 N–H and O–H groups in total. The van der Waals surface area contributed by atoms with Gasteiger partial charge in [-0.15, -0.1) is 0 Å². The predicted octanol–water partition coefficient (Wildman–Crippen LogP) is 4.20. The van der Waals surface area contributed by atoms with Crippen molar-refractivity contribution >= 4 is 17.7 Å². The van der Waals surface area contributed by atoms with Crippen LogP contribution in [0.3, 0.4) is 0 Å². The Morgan fingerprint density at radius 1 is 1.12 bits per heavy atom. The van der Waals surface area contributed by atoms with E-state index in [9.17, 15) is 4.79 Å². The lowest BCUT2D eigenvalue weighted by atomic mass is 10.2. The number of hydrogen-bond donors (Lipinski definition) is 1. The van der Waals surface area contributed by atoms with Crippen LogP contribution in [-0.2, 0) is 10.5 Å². The predicted molar refractivity (Wildman–Crippen MR) is 101 cm³/mol. The molecular weight excluding hydrogens is 318 g/mol. The molecule has 0 aliphatic heterocycles. The topological polar surface area (TPSA) is 38.3 Å². The Labute approximate surface area is 148 Å². The average molecular weight is 343 g/mol. The molecule has 0 spiro atoms. The van der Waals surface area contributed by atoms with Crippen molar-refractivity contribution in [3.63, 3.8) is 0 Å². The zero-order chi connectivity index (χ0) is 17.2. The number of para-hydroxylation sites is 1. The maximum atomic E-state index is 12.0. The highest BCUT2D eigenvalue weighted by molar-refractivity contribution is 7.98. The molecule has 0 aliphatic carbocycles. The summed E-state index contributed by atoms with van der Waals surface area (Å²) in [5.41, 5.74) is 2.40. The first-order valence-electron chi connectivity index (χ1n) is 8.24. The first kappa shape index (κ1) is 18.4. The van der Waals surface area contributed by atoms with Gasteiger partial charge in [-0.3, -0.25) is 4.79 Å². The quantitative estimate of drug-likeness (QED) is 0.694. The molecule has 4 heteroatoms. The SMILES string of the molecule is Cc1ccccc1OC[C@@H](C)NC(=O)CCSCc1ccccc1. The first-order valence-corrected chi connectivity index (χ1v) is 9.40. The second kappa shape index (κ2) is 10.0. The number of thioether (sulfide) groups is 1. The second-order valence-electron chi connectivity index (χ2n) is 5.83. The highest BCUT2D eigenvalue weighted by Gasteiger charge is 2.08. The third-order valence-electron chi connectivity index (χ3n) is 3.57. The van der Waals surface area contributed by atoms with Crippen LogP contribution < -0.4 is 10.1 Å². The van der Waals surface area contributed by atoms with E-state index >= 15 is 0 Å². The van der Waals surface area contributed by atoms with Crippen LogP contribution in [0.4, 0.5) is 0 Å². The van der Waals surface area contributed by atoms with Gasteiger partial charge in [0.15, 0.2) is 0 Å². The molecule has 0 unspecified atom stereocenters. The van der Waals surface area contributed by atoms with E-state index in [1.165, 1.54) is 5.56 Å². The molecule has 24 heavy (non-hydrogen) atoms. The fourth-order valence-electron chi connectivity index (χ4n) is 2.25. The minimum Gasteiger partial charge on any atom is -0.491 e. The maximum Gasteiger partial charge on any atom is 0.221 e. The Kier molecular flexibility index (Phi) is 7.69. The van der Waals surface area contributed by atoms with Crippen molar-refractivity contribution in [2.24, 2.45) is 0 Å². The number of aryl methyl sites for hydroxylation is 1. The van der Waals surface area contributed by atoms with Gasteiger partial charge in [0.05, 0.1) is 6.04 Å². The van der Waals surface area contributed by atoms with Crippen LogP contribution in [0, 0.1) is 6.92 Å². The van der Waals surface area contributed by atoms with Crippen molar-refractivity contribution in [2.45, 2.75) is 32.1 Å². The van der Waals surface area contributed by atoms with Crippen LogP contribution >= 0.6 is 11.8 Å². The summed E-state index contributed by atoms with van der Waals surface area (Å²) >= 11 is 1.78. The average Bonchev–Trinajstić information content (AvgIpc) is 2.59. The van der Waals surface area contributed by atoms with Gasteiger partial charge in [-0.25, -0.2) is 0 Å². The number of hydrogen-bond acceptors (Lipinski definition) is 3. The summed E-state index contributed by atoms with van der Waals surface area (Å²) in [6.45, 7) is 4.46. The van der Waals surface area contributed by atoms with E-state index < -0.39 is 0 Å². The lowest BCUT2D eigenvalue weighted by Gasteiger charge is -2.16. The van der Waals surface area contributed by atoms with Crippen molar-refractivity contribution in [3.05, 3.63) is 65.7 Å². The Balaban J connectivity index is 1.60. The van der Waals surface area contributed by atoms with Crippen LogP contribution in [0.25, 0.3) is 0 Å². The number of benzene rings is 2. The Hall–Kier alpha value is -1.94. The molecular formula is C20H25NO2S. The minimum absolute atomic E-state index is 0.00349. The Bertz CT molecular complexity index is 631. The van der Waals surface area contributed by atoms with Gasteiger partial charge in [0.25, 0.3) is 0 Å².